The van der Waals surface area contributed by atoms with E-state index in [4.69, 9.17) is 9.47 Å². The van der Waals surface area contributed by atoms with Crippen LogP contribution in [0.25, 0.3) is 0 Å². The van der Waals surface area contributed by atoms with Gasteiger partial charge in [-0.15, -0.1) is 0 Å². The summed E-state index contributed by atoms with van der Waals surface area (Å²) in [6, 6.07) is 8.17. The molecule has 0 saturated carbocycles. The van der Waals surface area contributed by atoms with E-state index >= 15 is 0 Å². The largest absolute Gasteiger partial charge is 0.455 e. The topological polar surface area (TPSA) is 32.4 Å². The van der Waals surface area contributed by atoms with Crippen LogP contribution >= 0.6 is 22.6 Å². The first-order chi connectivity index (χ1) is 8.80. The third-order valence-corrected chi connectivity index (χ3v) is 4.19. The Balaban J connectivity index is 2.06. The summed E-state index contributed by atoms with van der Waals surface area (Å²) in [4.78, 5) is 3.19. The predicted molar refractivity (Wildman–Crippen MR) is 84.3 cm³/mol. The van der Waals surface area contributed by atoms with Crippen LogP contribution in [0, 0.1) is 3.57 Å². The zero-order valence-corrected chi connectivity index (χ0v) is 13.8. The zero-order valence-electron chi connectivity index (χ0n) is 11.7. The second-order valence-electron chi connectivity index (χ2n) is 5.53. The monoisotopic (exact) mass is 372 g/mol. The molecule has 2 rings (SSSR count). The van der Waals surface area contributed by atoms with E-state index in [-0.39, 0.29) is 11.2 Å². The Bertz CT molecular complexity index is 497. The van der Waals surface area contributed by atoms with Crippen LogP contribution in [0.1, 0.15) is 27.7 Å². The van der Waals surface area contributed by atoms with Gasteiger partial charge < -0.3 is 9.47 Å². The molecule has 0 atom stereocenters. The molecule has 19 heavy (non-hydrogen) atoms. The zero-order chi connectivity index (χ0) is 14.1. The summed E-state index contributed by atoms with van der Waals surface area (Å²) in [5, 5.41) is 0. The van der Waals surface area contributed by atoms with Gasteiger partial charge in [0.2, 0.25) is 5.69 Å². The van der Waals surface area contributed by atoms with E-state index in [0.29, 0.717) is 5.95 Å². The molecule has 0 bridgehead atoms. The Kier molecular flexibility index (Phi) is 3.90. The normalized spacial score (nSPS) is 20.2. The highest BCUT2D eigenvalue weighted by Crippen LogP contribution is 2.39. The van der Waals surface area contributed by atoms with Crippen LogP contribution in [0.4, 0.5) is 5.69 Å². The van der Waals surface area contributed by atoms with Crippen LogP contribution in [0.2, 0.25) is 0 Å². The minimum atomic E-state index is -0.324. The Morgan fingerprint density at radius 1 is 1.00 bits per heavy atom. The van der Waals surface area contributed by atoms with Crippen molar-refractivity contribution in [2.45, 2.75) is 38.9 Å². The summed E-state index contributed by atoms with van der Waals surface area (Å²) >= 11 is 2.28. The molecule has 4 heteroatoms. The van der Waals surface area contributed by atoms with Gasteiger partial charge in [-0.3, -0.25) is 0 Å². The van der Waals surface area contributed by atoms with Gasteiger partial charge in [0, 0.05) is 15.7 Å². The number of benzene rings is 1. The molecule has 0 aliphatic carbocycles. The maximum Gasteiger partial charge on any atom is 0.286 e. The second kappa shape index (κ2) is 5.15. The molecule has 1 aromatic carbocycles. The van der Waals surface area contributed by atoms with Gasteiger partial charge in [-0.05, 0) is 62.4 Å². The minimum Gasteiger partial charge on any atom is -0.455 e. The summed E-state index contributed by atoms with van der Waals surface area (Å²) in [5.41, 5.74) is 0.388. The first kappa shape index (κ1) is 14.4. The maximum absolute atomic E-state index is 5.79. The molecule has 1 heterocycles. The molecule has 1 aromatic rings. The van der Waals surface area contributed by atoms with Crippen molar-refractivity contribution < 1.29 is 14.5 Å². The van der Waals surface area contributed by atoms with E-state index in [0.717, 1.165) is 5.69 Å². The average molecular weight is 372 g/mol. The van der Waals surface area contributed by atoms with E-state index in [1.807, 2.05) is 52.1 Å². The lowest BCUT2D eigenvalue weighted by molar-refractivity contribution is -0.346. The lowest BCUT2D eigenvalue weighted by Crippen LogP contribution is -2.61. The molecule has 102 valence electrons. The number of rotatable bonds is 2. The van der Waals surface area contributed by atoms with Crippen molar-refractivity contribution in [1.82, 2.24) is 0 Å². The standard InChI is InChI=1S/C15H18INO2/c1-14(2)15(3,4)19-13(18-14)9-10-17-12-7-5-11(16)6-8-12/h5-10H,1-4H3/p+1. The van der Waals surface area contributed by atoms with Gasteiger partial charge in [0.05, 0.1) is 6.08 Å². The number of halogens is 1. The molecule has 0 spiro atoms. The van der Waals surface area contributed by atoms with Crippen molar-refractivity contribution in [1.29, 1.82) is 0 Å². The van der Waals surface area contributed by atoms with Gasteiger partial charge in [-0.1, -0.05) is 0 Å². The Morgan fingerprint density at radius 3 is 2.05 bits per heavy atom. The highest BCUT2D eigenvalue weighted by Gasteiger charge is 2.48. The van der Waals surface area contributed by atoms with Crippen molar-refractivity contribution in [2.24, 2.45) is 0 Å². The lowest BCUT2D eigenvalue weighted by Gasteiger charge is -2.28. The molecule has 0 aromatic heterocycles. The van der Waals surface area contributed by atoms with E-state index in [9.17, 15) is 0 Å². The van der Waals surface area contributed by atoms with E-state index in [2.05, 4.69) is 39.7 Å². The van der Waals surface area contributed by atoms with Gasteiger partial charge in [-0.25, -0.2) is 4.99 Å². The molecule has 3 nitrogen and oxygen atoms in total. The van der Waals surface area contributed by atoms with Crippen LogP contribution in [-0.4, -0.2) is 17.4 Å². The summed E-state index contributed by atoms with van der Waals surface area (Å²) in [6.07, 6.45) is 3.64. The van der Waals surface area contributed by atoms with Crippen molar-refractivity contribution in [3.63, 3.8) is 0 Å². The molecule has 1 aliphatic heterocycles. The van der Waals surface area contributed by atoms with E-state index in [1.165, 1.54) is 3.57 Å². The van der Waals surface area contributed by atoms with Crippen LogP contribution < -0.4 is 4.99 Å². The first-order valence-corrected chi connectivity index (χ1v) is 7.32. The van der Waals surface area contributed by atoms with Crippen molar-refractivity contribution >= 4 is 34.5 Å². The van der Waals surface area contributed by atoms with Crippen LogP contribution in [0.5, 0.6) is 0 Å². The summed E-state index contributed by atoms with van der Waals surface area (Å²) < 4.78 is 12.8. The highest BCUT2D eigenvalue weighted by molar-refractivity contribution is 14.1. The average Bonchev–Trinajstić information content (AvgIpc) is 2.50. The minimum absolute atomic E-state index is 0.324. The van der Waals surface area contributed by atoms with Gasteiger partial charge in [0.25, 0.3) is 5.95 Å². The third kappa shape index (κ3) is 3.29. The van der Waals surface area contributed by atoms with Crippen molar-refractivity contribution in [3.8, 4) is 0 Å². The Labute approximate surface area is 127 Å². The fraction of sp³-hybridized carbons (Fsp3) is 0.400. The maximum atomic E-state index is 5.79. The number of allylic oxidation sites excluding steroid dienone is 1. The van der Waals surface area contributed by atoms with Crippen LogP contribution in [0.3, 0.4) is 0 Å². The quantitative estimate of drug-likeness (QED) is 0.639. The summed E-state index contributed by atoms with van der Waals surface area (Å²) in [6.45, 7) is 8.11. The van der Waals surface area contributed by atoms with Gasteiger partial charge in [0.15, 0.2) is 6.21 Å². The summed E-state index contributed by atoms with van der Waals surface area (Å²) in [5.74, 6) is 0.549. The number of ether oxygens (including phenoxy) is 2. The van der Waals surface area contributed by atoms with E-state index in [1.54, 1.807) is 0 Å². The molecular weight excluding hydrogens is 353 g/mol. The molecule has 1 N–H and O–H groups in total. The van der Waals surface area contributed by atoms with Gasteiger partial charge in [-0.2, -0.15) is 0 Å². The molecule has 1 fully saturated rings. The summed E-state index contributed by atoms with van der Waals surface area (Å²) in [7, 11) is 0. The second-order valence-corrected chi connectivity index (χ2v) is 6.77. The predicted octanol–water partition coefficient (Wildman–Crippen LogP) is 2.52. The van der Waals surface area contributed by atoms with Crippen LogP contribution in [-0.2, 0) is 9.47 Å². The lowest BCUT2D eigenvalue weighted by atomic mass is 9.90. The highest BCUT2D eigenvalue weighted by atomic mass is 127. The molecular formula is C15H19INO2+. The Hall–Kier alpha value is -1.04. The molecule has 1 aliphatic rings. The fourth-order valence-electron chi connectivity index (χ4n) is 1.59. The molecule has 0 radical (unpaired) electrons. The van der Waals surface area contributed by atoms with Crippen LogP contribution in [0.15, 0.2) is 36.3 Å². The molecule has 0 amide bonds. The fourth-order valence-corrected chi connectivity index (χ4v) is 1.95. The van der Waals surface area contributed by atoms with Crippen molar-refractivity contribution in [3.05, 3.63) is 39.9 Å². The number of nitrogens with one attached hydrogen (secondary N) is 1. The van der Waals surface area contributed by atoms with Gasteiger partial charge in [0.1, 0.15) is 11.2 Å². The molecule has 1 saturated heterocycles. The number of hydrogen-bond acceptors (Lipinski definition) is 2. The van der Waals surface area contributed by atoms with Gasteiger partial charge >= 0.3 is 0 Å². The van der Waals surface area contributed by atoms with E-state index < -0.39 is 0 Å². The Morgan fingerprint density at radius 2 is 1.53 bits per heavy atom. The van der Waals surface area contributed by atoms with Crippen molar-refractivity contribution in [2.75, 3.05) is 0 Å². The first-order valence-electron chi connectivity index (χ1n) is 6.24. The number of hydrogen-bond donors (Lipinski definition) is 1. The smallest absolute Gasteiger partial charge is 0.286 e. The third-order valence-electron chi connectivity index (χ3n) is 3.48. The SMILES string of the molecule is CC1(C)OC(=CC=[NH+]c2ccc(I)cc2)OC1(C)C. The molecule has 0 unspecified atom stereocenters.